The Bertz CT molecular complexity index is 1580. The summed E-state index contributed by atoms with van der Waals surface area (Å²) in [5.41, 5.74) is -9.79. The number of fused-ring (bicyclic) bond motifs is 1. The van der Waals surface area contributed by atoms with E-state index >= 15 is 13.2 Å². The fraction of sp³-hybridized carbons (Fsp3) is 0.200. The maximum absolute atomic E-state index is 15.1. The Morgan fingerprint density at radius 3 is 2.26 bits per heavy atom. The van der Waals surface area contributed by atoms with Gasteiger partial charge in [-0.1, -0.05) is 49.1 Å². The lowest BCUT2D eigenvalue weighted by molar-refractivity contribution is -0.372. The van der Waals surface area contributed by atoms with Gasteiger partial charge in [-0.05, 0) is 42.8 Å². The van der Waals surface area contributed by atoms with Crippen molar-refractivity contribution in [3.63, 3.8) is 0 Å². The van der Waals surface area contributed by atoms with Crippen molar-refractivity contribution in [1.29, 1.82) is 0 Å². The SMILES string of the molecule is C=C/C=C(\N=CC)[C@]1(c2cc(F)cc(C(F)(F)F)c2)Cc2ccc(F)cc2OO[C@](c2ccccc2)(C(F)(F)F)C(=O)N1. The number of halogens is 8. The first kappa shape index (κ1) is 31.4. The molecular weight excluding hydrogens is 588 g/mol. The predicted molar refractivity (Wildman–Crippen MR) is 140 cm³/mol. The molecule has 4 rings (SSSR count). The van der Waals surface area contributed by atoms with Gasteiger partial charge in [-0.3, -0.25) is 9.79 Å². The minimum Gasteiger partial charge on any atom is -0.337 e. The summed E-state index contributed by atoms with van der Waals surface area (Å²) in [6.07, 6.45) is -7.95. The lowest BCUT2D eigenvalue weighted by Crippen LogP contribution is -2.61. The Morgan fingerprint density at radius 2 is 1.65 bits per heavy atom. The summed E-state index contributed by atoms with van der Waals surface area (Å²) in [5, 5.41) is 2.19. The second kappa shape index (κ2) is 11.6. The summed E-state index contributed by atoms with van der Waals surface area (Å²) in [6.45, 7) is 4.93. The predicted octanol–water partition coefficient (Wildman–Crippen LogP) is 7.48. The molecule has 2 atom stereocenters. The topological polar surface area (TPSA) is 59.9 Å². The number of aliphatic imine (C=N–C) groups is 1. The summed E-state index contributed by atoms with van der Waals surface area (Å²) in [5.74, 6) is -4.95. The number of carbonyl (C=O) groups excluding carboxylic acids is 1. The van der Waals surface area contributed by atoms with Crippen LogP contribution in [0.2, 0.25) is 0 Å². The van der Waals surface area contributed by atoms with E-state index in [1.54, 1.807) is 0 Å². The first-order valence-corrected chi connectivity index (χ1v) is 12.5. The molecule has 226 valence electrons. The molecule has 0 saturated heterocycles. The number of hydrogen-bond donors (Lipinski definition) is 1. The van der Waals surface area contributed by atoms with Crippen LogP contribution in [0.1, 0.15) is 29.2 Å². The lowest BCUT2D eigenvalue weighted by atomic mass is 9.78. The average Bonchev–Trinajstić information content (AvgIpc) is 2.98. The van der Waals surface area contributed by atoms with E-state index < -0.39 is 69.9 Å². The summed E-state index contributed by atoms with van der Waals surface area (Å²) < 4.78 is 116. The number of nitrogens with zero attached hydrogens (tertiary/aromatic N) is 1. The van der Waals surface area contributed by atoms with Crippen molar-refractivity contribution in [2.75, 3.05) is 0 Å². The molecule has 1 aliphatic rings. The molecule has 3 aromatic carbocycles. The van der Waals surface area contributed by atoms with Crippen molar-refractivity contribution < 1.29 is 49.7 Å². The van der Waals surface area contributed by atoms with Crippen LogP contribution in [0.15, 0.2) is 96.2 Å². The molecule has 0 saturated carbocycles. The van der Waals surface area contributed by atoms with Gasteiger partial charge in [0.1, 0.15) is 17.2 Å². The minimum absolute atomic E-state index is 0.133. The van der Waals surface area contributed by atoms with Crippen molar-refractivity contribution in [3.8, 4) is 5.75 Å². The summed E-state index contributed by atoms with van der Waals surface area (Å²) in [7, 11) is 0. The van der Waals surface area contributed by atoms with Gasteiger partial charge in [0.2, 0.25) is 0 Å². The third kappa shape index (κ3) is 5.89. The standard InChI is InChI=1S/C30H22F8N2O3/c1-3-8-25(39-4-2)27(20-13-21(29(33,34)35)15-23(32)14-20)17-18-11-12-22(31)16-24(18)42-43-28(26(41)40-27,30(36,37)38)19-9-6-5-7-10-19/h3-16H,1,17H2,2H3,(H,40,41)/b25-8-,39-4?/t27-,28+/m1/s1. The normalized spacial score (nSPS) is 21.7. The van der Waals surface area contributed by atoms with Crippen molar-refractivity contribution >= 4 is 12.1 Å². The number of rotatable bonds is 5. The molecule has 0 unspecified atom stereocenters. The van der Waals surface area contributed by atoms with Crippen molar-refractivity contribution in [2.24, 2.45) is 4.99 Å². The van der Waals surface area contributed by atoms with Crippen LogP contribution in [0.3, 0.4) is 0 Å². The molecule has 0 radical (unpaired) electrons. The molecule has 0 bridgehead atoms. The Morgan fingerprint density at radius 1 is 0.953 bits per heavy atom. The molecular formula is C30H22F8N2O3. The van der Waals surface area contributed by atoms with Crippen LogP contribution < -0.4 is 10.2 Å². The van der Waals surface area contributed by atoms with E-state index in [-0.39, 0.29) is 17.3 Å². The second-order valence-electron chi connectivity index (χ2n) is 9.40. The largest absolute Gasteiger partial charge is 0.435 e. The van der Waals surface area contributed by atoms with Gasteiger partial charge in [-0.25, -0.2) is 8.78 Å². The van der Waals surface area contributed by atoms with Crippen LogP contribution in [0, 0.1) is 11.6 Å². The maximum Gasteiger partial charge on any atom is 0.435 e. The van der Waals surface area contributed by atoms with E-state index in [1.165, 1.54) is 25.1 Å². The summed E-state index contributed by atoms with van der Waals surface area (Å²) in [4.78, 5) is 28.1. The number of alkyl halides is 6. The maximum atomic E-state index is 15.1. The second-order valence-corrected chi connectivity index (χ2v) is 9.40. The van der Waals surface area contributed by atoms with Crippen LogP contribution in [-0.4, -0.2) is 18.3 Å². The van der Waals surface area contributed by atoms with Gasteiger partial charge in [0.15, 0.2) is 5.75 Å². The highest BCUT2D eigenvalue weighted by Gasteiger charge is 2.67. The summed E-state index contributed by atoms with van der Waals surface area (Å²) >= 11 is 0. The number of carbonyl (C=O) groups is 1. The van der Waals surface area contributed by atoms with Gasteiger partial charge < -0.3 is 10.2 Å². The number of hydrogen-bond acceptors (Lipinski definition) is 4. The highest BCUT2D eigenvalue weighted by molar-refractivity contribution is 5.89. The zero-order valence-corrected chi connectivity index (χ0v) is 22.2. The Balaban J connectivity index is 2.18. The molecule has 0 fully saturated rings. The van der Waals surface area contributed by atoms with Crippen molar-refractivity contribution in [3.05, 3.63) is 125 Å². The van der Waals surface area contributed by atoms with Gasteiger partial charge in [-0.15, -0.1) is 0 Å². The van der Waals surface area contributed by atoms with Gasteiger partial charge in [0.05, 0.1) is 11.3 Å². The van der Waals surface area contributed by atoms with E-state index in [0.29, 0.717) is 18.2 Å². The average molecular weight is 611 g/mol. The molecule has 3 aromatic rings. The van der Waals surface area contributed by atoms with Crippen LogP contribution in [0.4, 0.5) is 35.1 Å². The molecule has 1 heterocycles. The lowest BCUT2D eigenvalue weighted by Gasteiger charge is -2.39. The number of amides is 1. The van der Waals surface area contributed by atoms with Crippen LogP contribution >= 0.6 is 0 Å². The first-order chi connectivity index (χ1) is 20.2. The van der Waals surface area contributed by atoms with E-state index in [1.807, 2.05) is 0 Å². The van der Waals surface area contributed by atoms with Crippen LogP contribution in [0.5, 0.6) is 5.75 Å². The highest BCUT2D eigenvalue weighted by atomic mass is 19.4. The molecule has 5 nitrogen and oxygen atoms in total. The molecule has 1 N–H and O–H groups in total. The monoisotopic (exact) mass is 610 g/mol. The number of nitrogens with one attached hydrogen (secondary N) is 1. The number of allylic oxidation sites excluding steroid dienone is 2. The third-order valence-corrected chi connectivity index (χ3v) is 6.67. The Hall–Kier alpha value is -4.52. The molecule has 0 aliphatic carbocycles. The molecule has 43 heavy (non-hydrogen) atoms. The zero-order chi connectivity index (χ0) is 31.6. The smallest absolute Gasteiger partial charge is 0.337 e. The summed E-state index contributed by atoms with van der Waals surface area (Å²) in [6, 6.07) is 9.50. The van der Waals surface area contributed by atoms with E-state index in [0.717, 1.165) is 42.6 Å². The minimum atomic E-state index is -5.57. The number of benzene rings is 3. The quantitative estimate of drug-likeness (QED) is 0.141. The van der Waals surface area contributed by atoms with E-state index in [9.17, 15) is 26.7 Å². The van der Waals surface area contributed by atoms with Gasteiger partial charge in [0.25, 0.3) is 5.91 Å². The molecule has 0 spiro atoms. The van der Waals surface area contributed by atoms with Crippen molar-refractivity contribution in [1.82, 2.24) is 5.32 Å². The zero-order valence-electron chi connectivity index (χ0n) is 22.2. The highest BCUT2D eigenvalue weighted by Crippen LogP contribution is 2.47. The first-order valence-electron chi connectivity index (χ1n) is 12.5. The van der Waals surface area contributed by atoms with Gasteiger partial charge >= 0.3 is 18.0 Å². The third-order valence-electron chi connectivity index (χ3n) is 6.67. The fourth-order valence-corrected chi connectivity index (χ4v) is 4.72. The van der Waals surface area contributed by atoms with Crippen molar-refractivity contribution in [2.45, 2.75) is 36.8 Å². The van der Waals surface area contributed by atoms with E-state index in [4.69, 9.17) is 9.78 Å². The van der Waals surface area contributed by atoms with Crippen LogP contribution in [-0.2, 0) is 33.4 Å². The Labute approximate surface area is 240 Å². The molecule has 0 aromatic heterocycles. The fourth-order valence-electron chi connectivity index (χ4n) is 4.72. The Kier molecular flexibility index (Phi) is 8.50. The van der Waals surface area contributed by atoms with Gasteiger partial charge in [-0.2, -0.15) is 31.2 Å². The molecule has 1 aliphatic heterocycles. The van der Waals surface area contributed by atoms with Gasteiger partial charge in [0, 0.05) is 29.8 Å². The van der Waals surface area contributed by atoms with E-state index in [2.05, 4.69) is 16.9 Å². The molecule has 13 heteroatoms. The molecule has 1 amide bonds. The van der Waals surface area contributed by atoms with Crippen LogP contribution in [0.25, 0.3) is 0 Å².